The third-order valence-electron chi connectivity index (χ3n) is 15.2. The zero-order valence-corrected chi connectivity index (χ0v) is 42.5. The second kappa shape index (κ2) is 25.7. The molecule has 1 saturated carbocycles. The Morgan fingerprint density at radius 2 is 1.65 bits per heavy atom. The van der Waals surface area contributed by atoms with Gasteiger partial charge >= 0.3 is 5.97 Å². The summed E-state index contributed by atoms with van der Waals surface area (Å²) in [6, 6.07) is -1.25. The lowest BCUT2D eigenvalue weighted by molar-refractivity contribution is -0.265. The van der Waals surface area contributed by atoms with Gasteiger partial charge in [-0.2, -0.15) is 4.80 Å². The molecule has 4 unspecified atom stereocenters. The number of ether oxygens (including phenoxy) is 5. The first-order valence-electron chi connectivity index (χ1n) is 25.0. The fourth-order valence-corrected chi connectivity index (χ4v) is 10.7. The number of ketones is 3. The van der Waals surface area contributed by atoms with E-state index in [9.17, 15) is 34.2 Å². The van der Waals surface area contributed by atoms with Crippen molar-refractivity contribution in [2.45, 2.75) is 180 Å². The molecule has 3 fully saturated rings. The smallest absolute Gasteiger partial charge is 0.329 e. The molecule has 4 aliphatic rings. The molecular weight excluding hydrogens is 887 g/mol. The van der Waals surface area contributed by atoms with E-state index in [-0.39, 0.29) is 60.9 Å². The van der Waals surface area contributed by atoms with Gasteiger partial charge in [-0.25, -0.2) is 4.79 Å². The molecule has 2 saturated heterocycles. The topological polar surface area (TPSA) is 219 Å². The van der Waals surface area contributed by atoms with Gasteiger partial charge in [-0.3, -0.25) is 19.2 Å². The normalized spacial score (nSPS) is 36.3. The van der Waals surface area contributed by atoms with E-state index in [1.54, 1.807) is 45.9 Å². The van der Waals surface area contributed by atoms with Crippen molar-refractivity contribution in [2.24, 2.45) is 35.5 Å². The van der Waals surface area contributed by atoms with Crippen molar-refractivity contribution in [1.82, 2.24) is 25.1 Å². The number of Topliss-reactive ketones (excluding diaryl/α,β-unsaturated/α-hetero) is 3. The number of rotatable bonds is 7. The summed E-state index contributed by atoms with van der Waals surface area (Å²) in [5.41, 5.74) is 1.20. The van der Waals surface area contributed by atoms with E-state index in [2.05, 4.69) is 15.4 Å². The third-order valence-corrected chi connectivity index (χ3v) is 15.2. The number of cyclic esters (lactones) is 1. The summed E-state index contributed by atoms with van der Waals surface area (Å²) in [6.07, 6.45) is 13.7. The first-order chi connectivity index (χ1) is 32.8. The molecule has 0 radical (unpaired) electrons. The molecule has 0 aromatic carbocycles. The number of aliphatic hydroxyl groups excluding tert-OH is 1. The van der Waals surface area contributed by atoms with E-state index in [0.717, 1.165) is 18.4 Å². The fraction of sp³-hybridized carbons (Fsp3) is 0.731. The Labute approximate surface area is 408 Å². The van der Waals surface area contributed by atoms with E-state index >= 15 is 0 Å². The third kappa shape index (κ3) is 14.2. The van der Waals surface area contributed by atoms with Gasteiger partial charge in [0.15, 0.2) is 17.9 Å². The maximum absolute atomic E-state index is 14.5. The minimum absolute atomic E-state index is 0.0195. The predicted molar refractivity (Wildman–Crippen MR) is 256 cm³/mol. The van der Waals surface area contributed by atoms with Gasteiger partial charge in [-0.05, 0) is 112 Å². The lowest BCUT2D eigenvalue weighted by Crippen LogP contribution is -2.61. The van der Waals surface area contributed by atoms with Crippen LogP contribution < -0.4 is 0 Å². The second-order valence-electron chi connectivity index (χ2n) is 20.4. The molecule has 17 heteroatoms. The Balaban J connectivity index is 1.46. The Hall–Kier alpha value is -4.26. The summed E-state index contributed by atoms with van der Waals surface area (Å²) in [7, 11) is 4.62. The van der Waals surface area contributed by atoms with Gasteiger partial charge in [0.1, 0.15) is 18.2 Å². The molecule has 3 aliphatic heterocycles. The molecule has 69 heavy (non-hydrogen) atoms. The first kappa shape index (κ1) is 55.7. The van der Waals surface area contributed by atoms with Crippen LogP contribution in [0.3, 0.4) is 0 Å². The van der Waals surface area contributed by atoms with E-state index in [0.29, 0.717) is 56.9 Å². The second-order valence-corrected chi connectivity index (χ2v) is 20.4. The van der Waals surface area contributed by atoms with Crippen molar-refractivity contribution in [3.8, 4) is 0 Å². The largest absolute Gasteiger partial charge is 0.460 e. The van der Waals surface area contributed by atoms with Crippen LogP contribution in [0.1, 0.15) is 132 Å². The number of methoxy groups -OCH3 is 3. The van der Waals surface area contributed by atoms with Crippen LogP contribution >= 0.6 is 0 Å². The lowest BCUT2D eigenvalue weighted by Gasteiger charge is -2.42. The molecule has 17 nitrogen and oxygen atoms in total. The number of hydrogen-bond donors (Lipinski definition) is 2. The zero-order chi connectivity index (χ0) is 50.6. The van der Waals surface area contributed by atoms with Gasteiger partial charge in [-0.1, -0.05) is 71.1 Å². The number of fused-ring (bicyclic) bond motifs is 3. The number of carbonyl (C=O) groups is 5. The zero-order valence-electron chi connectivity index (χ0n) is 42.5. The standard InChI is InChI=1S/C52H79N5O12/c1-31-16-12-11-13-17-32(2)43(65-8)28-39-21-19-37(7)52(64,69-39)49(61)50(62)56-23-15-14-18-41(56)51(63)68-44(34(4)26-38-20-22-40(45(27-38)66-9)57-54-30-53-55-57)29-42(58)33(3)25-36(6)47(60)48(67-10)46(59)35(5)24-31/h11-13,16-17,25,30-31,34-41,43-45,47-48,60,64H,14-15,18-24,26-29H2,1-10H3/t31-,34-,35?,36?,37-,38+,39+,40+,41+,43+,44+,45-,47-,48?,52?/m1/s1. The number of amides is 1. The highest BCUT2D eigenvalue weighted by Gasteiger charge is 2.53. The van der Waals surface area contributed by atoms with Crippen LogP contribution in [0.5, 0.6) is 0 Å². The van der Waals surface area contributed by atoms with E-state index in [1.165, 1.54) is 18.3 Å². The minimum atomic E-state index is -2.43. The van der Waals surface area contributed by atoms with E-state index < -0.39 is 77.8 Å². The monoisotopic (exact) mass is 966 g/mol. The molecule has 2 bridgehead atoms. The van der Waals surface area contributed by atoms with Gasteiger partial charge in [0.2, 0.25) is 5.79 Å². The predicted octanol–water partition coefficient (Wildman–Crippen LogP) is 6.05. The molecule has 0 spiro atoms. The molecule has 384 valence electrons. The molecule has 4 heterocycles. The Bertz CT molecular complexity index is 2020. The summed E-state index contributed by atoms with van der Waals surface area (Å²) in [4.78, 5) is 73.9. The highest BCUT2D eigenvalue weighted by Crippen LogP contribution is 2.39. The SMILES string of the molecule is COC1C(=O)C(C)C[C@H](C)C=CC=CC=C(C)[C@@H](OC)C[C@@H]2CC[C@@H](C)C(O)(O2)C(=O)C(=O)N2CCCC[C@H]2C(=O)O[C@H]([C@H](C)C[C@@H]2CC[C@H](n3ncnn3)[C@H](OC)C2)CC(=O)C(C)=CC(C)[C@H]1O. The Kier molecular flexibility index (Phi) is 20.8. The van der Waals surface area contributed by atoms with Crippen molar-refractivity contribution in [1.29, 1.82) is 0 Å². The van der Waals surface area contributed by atoms with Crippen LogP contribution in [0.2, 0.25) is 0 Å². The maximum atomic E-state index is 14.5. The first-order valence-corrected chi connectivity index (χ1v) is 25.0. The average Bonchev–Trinajstić information content (AvgIpc) is 3.88. The molecule has 1 aromatic heterocycles. The van der Waals surface area contributed by atoms with Crippen LogP contribution in [-0.4, -0.2) is 141 Å². The summed E-state index contributed by atoms with van der Waals surface area (Å²) in [5.74, 6) is -7.91. The molecule has 15 atom stereocenters. The Morgan fingerprint density at radius 3 is 2.33 bits per heavy atom. The van der Waals surface area contributed by atoms with Gasteiger partial charge in [0, 0.05) is 58.5 Å². The molecule has 1 aromatic rings. The molecule has 5 rings (SSSR count). The molecular formula is C52H79N5O12. The summed E-state index contributed by atoms with van der Waals surface area (Å²) in [6.45, 7) is 12.8. The Morgan fingerprint density at radius 1 is 0.899 bits per heavy atom. The average molecular weight is 966 g/mol. The summed E-state index contributed by atoms with van der Waals surface area (Å²) < 4.78 is 29.9. The minimum Gasteiger partial charge on any atom is -0.460 e. The van der Waals surface area contributed by atoms with Crippen LogP contribution in [0, 0.1) is 35.5 Å². The van der Waals surface area contributed by atoms with Crippen LogP contribution in [-0.2, 0) is 47.7 Å². The number of hydrogen-bond acceptors (Lipinski definition) is 15. The van der Waals surface area contributed by atoms with Gasteiger partial charge < -0.3 is 38.8 Å². The van der Waals surface area contributed by atoms with Gasteiger partial charge in [0.25, 0.3) is 11.7 Å². The van der Waals surface area contributed by atoms with Crippen molar-refractivity contribution < 1.29 is 57.9 Å². The van der Waals surface area contributed by atoms with Crippen LogP contribution in [0.4, 0.5) is 0 Å². The van der Waals surface area contributed by atoms with Crippen LogP contribution in [0.15, 0.2) is 53.9 Å². The summed E-state index contributed by atoms with van der Waals surface area (Å²) in [5, 5.41) is 35.7. The van der Waals surface area contributed by atoms with E-state index in [1.807, 2.05) is 58.1 Å². The number of allylic oxidation sites excluding steroid dienone is 6. The number of carbonyl (C=O) groups excluding carboxylic acids is 5. The highest BCUT2D eigenvalue weighted by molar-refractivity contribution is 6.39. The number of aliphatic hydroxyl groups is 2. The molecule has 2 N–H and O–H groups in total. The van der Waals surface area contributed by atoms with E-state index in [4.69, 9.17) is 23.7 Å². The molecule has 1 amide bonds. The molecule has 1 aliphatic carbocycles. The van der Waals surface area contributed by atoms with Crippen molar-refractivity contribution in [3.05, 3.63) is 53.9 Å². The fourth-order valence-electron chi connectivity index (χ4n) is 10.7. The number of aromatic nitrogens is 4. The maximum Gasteiger partial charge on any atom is 0.329 e. The van der Waals surface area contributed by atoms with Crippen molar-refractivity contribution in [3.63, 3.8) is 0 Å². The lowest BCUT2D eigenvalue weighted by atomic mass is 9.78. The van der Waals surface area contributed by atoms with Crippen molar-refractivity contribution >= 4 is 29.2 Å². The quantitative estimate of drug-likeness (QED) is 0.235. The van der Waals surface area contributed by atoms with Crippen molar-refractivity contribution in [2.75, 3.05) is 27.9 Å². The number of piperidine rings is 1. The summed E-state index contributed by atoms with van der Waals surface area (Å²) >= 11 is 0. The number of nitrogens with zero attached hydrogens (tertiary/aromatic N) is 5. The van der Waals surface area contributed by atoms with Crippen LogP contribution in [0.25, 0.3) is 0 Å². The number of esters is 1. The highest BCUT2D eigenvalue weighted by atomic mass is 16.6. The number of tetrazole rings is 1. The van der Waals surface area contributed by atoms with Gasteiger partial charge in [0.05, 0.1) is 30.5 Å². The van der Waals surface area contributed by atoms with Gasteiger partial charge in [-0.15, -0.1) is 10.2 Å².